The summed E-state index contributed by atoms with van der Waals surface area (Å²) in [5.41, 5.74) is 6.84. The van der Waals surface area contributed by atoms with Crippen LogP contribution >= 0.6 is 12.2 Å². The van der Waals surface area contributed by atoms with Crippen molar-refractivity contribution >= 4 is 18.4 Å². The van der Waals surface area contributed by atoms with Gasteiger partial charge in [-0.2, -0.15) is 14.9 Å². The average Bonchev–Trinajstić information content (AvgIpc) is 3.12. The standard InChI is InChI=1S/C14H18N6O2S/c1-8-6-10(17-16-8)13-18-19-14(23)20(13)15-7-9-4-3-5-11(22-2)12(9)21/h3-5,7-8,10,16-17,21H,6H2,1-2H3,(H,19,23)/b15-7+. The molecular weight excluding hydrogens is 316 g/mol. The number of benzene rings is 1. The number of hydrogen-bond donors (Lipinski definition) is 4. The maximum atomic E-state index is 10.1. The topological polar surface area (TPSA) is 99.5 Å². The Morgan fingerprint density at radius 3 is 3.00 bits per heavy atom. The zero-order valence-electron chi connectivity index (χ0n) is 12.8. The van der Waals surface area contributed by atoms with Crippen molar-refractivity contribution in [2.45, 2.75) is 25.4 Å². The number of para-hydroxylation sites is 1. The highest BCUT2D eigenvalue weighted by Crippen LogP contribution is 2.28. The molecule has 1 aliphatic rings. The molecule has 1 aliphatic heterocycles. The van der Waals surface area contributed by atoms with E-state index in [0.29, 0.717) is 28.0 Å². The van der Waals surface area contributed by atoms with Crippen LogP contribution in [0.15, 0.2) is 23.3 Å². The van der Waals surface area contributed by atoms with Crippen molar-refractivity contribution < 1.29 is 9.84 Å². The largest absolute Gasteiger partial charge is 0.504 e. The van der Waals surface area contributed by atoms with E-state index in [-0.39, 0.29) is 11.8 Å². The van der Waals surface area contributed by atoms with Gasteiger partial charge in [0.25, 0.3) is 0 Å². The van der Waals surface area contributed by atoms with E-state index in [1.54, 1.807) is 22.9 Å². The van der Waals surface area contributed by atoms with Crippen molar-refractivity contribution in [2.24, 2.45) is 5.10 Å². The van der Waals surface area contributed by atoms with Crippen molar-refractivity contribution in [1.29, 1.82) is 0 Å². The van der Waals surface area contributed by atoms with Crippen molar-refractivity contribution in [3.8, 4) is 11.5 Å². The SMILES string of the molecule is COc1cccc(/C=N/n2c(C3CC(C)NN3)n[nH]c2=S)c1O. The Hall–Kier alpha value is -2.23. The van der Waals surface area contributed by atoms with Gasteiger partial charge in [0.15, 0.2) is 17.3 Å². The monoisotopic (exact) mass is 334 g/mol. The fraction of sp³-hybridized carbons (Fsp3) is 0.357. The Kier molecular flexibility index (Phi) is 4.42. The number of phenols is 1. The smallest absolute Gasteiger partial charge is 0.216 e. The van der Waals surface area contributed by atoms with Crippen LogP contribution in [0.2, 0.25) is 0 Å². The zero-order chi connectivity index (χ0) is 16.4. The summed E-state index contributed by atoms with van der Waals surface area (Å²) in [6, 6.07) is 5.54. The molecule has 4 N–H and O–H groups in total. The molecule has 0 bridgehead atoms. The van der Waals surface area contributed by atoms with Gasteiger partial charge in [-0.15, -0.1) is 0 Å². The molecule has 0 radical (unpaired) electrons. The molecule has 122 valence electrons. The molecule has 2 unspecified atom stereocenters. The third-order valence-corrected chi connectivity index (χ3v) is 3.91. The van der Waals surface area contributed by atoms with Gasteiger partial charge in [0.1, 0.15) is 0 Å². The number of hydrazine groups is 1. The average molecular weight is 334 g/mol. The van der Waals surface area contributed by atoms with E-state index in [0.717, 1.165) is 6.42 Å². The number of methoxy groups -OCH3 is 1. The Labute approximate surface area is 138 Å². The van der Waals surface area contributed by atoms with Crippen molar-refractivity contribution in [1.82, 2.24) is 25.7 Å². The number of aromatic amines is 1. The highest BCUT2D eigenvalue weighted by Gasteiger charge is 2.26. The van der Waals surface area contributed by atoms with E-state index < -0.39 is 0 Å². The molecule has 2 aromatic rings. The number of nitrogens with zero attached hydrogens (tertiary/aromatic N) is 3. The molecule has 0 spiro atoms. The van der Waals surface area contributed by atoms with Gasteiger partial charge in [-0.1, -0.05) is 6.07 Å². The number of rotatable bonds is 4. The van der Waals surface area contributed by atoms with Crippen LogP contribution in [0.5, 0.6) is 11.5 Å². The van der Waals surface area contributed by atoms with Gasteiger partial charge in [-0.25, -0.2) is 5.43 Å². The van der Waals surface area contributed by atoms with Crippen LogP contribution in [0.3, 0.4) is 0 Å². The maximum Gasteiger partial charge on any atom is 0.216 e. The first-order valence-corrected chi connectivity index (χ1v) is 7.59. The summed E-state index contributed by atoms with van der Waals surface area (Å²) in [6.07, 6.45) is 2.40. The van der Waals surface area contributed by atoms with E-state index in [1.807, 2.05) is 0 Å². The van der Waals surface area contributed by atoms with Crippen LogP contribution in [-0.2, 0) is 0 Å². The first kappa shape index (κ1) is 15.7. The number of aromatic hydroxyl groups is 1. The highest BCUT2D eigenvalue weighted by atomic mass is 32.1. The van der Waals surface area contributed by atoms with E-state index in [1.165, 1.54) is 13.3 Å². The van der Waals surface area contributed by atoms with Gasteiger partial charge in [0.05, 0.1) is 19.4 Å². The molecule has 0 amide bonds. The Bertz CT molecular complexity index is 784. The summed E-state index contributed by atoms with van der Waals surface area (Å²) < 4.78 is 7.02. The minimum absolute atomic E-state index is 0.00834. The fourth-order valence-electron chi connectivity index (χ4n) is 2.45. The lowest BCUT2D eigenvalue weighted by atomic mass is 10.1. The summed E-state index contributed by atoms with van der Waals surface area (Å²) >= 11 is 5.23. The highest BCUT2D eigenvalue weighted by molar-refractivity contribution is 7.71. The normalized spacial score (nSPS) is 21.1. The molecule has 3 rings (SSSR count). The molecule has 1 aromatic heterocycles. The molecular formula is C14H18N6O2S. The second-order valence-electron chi connectivity index (χ2n) is 5.32. The van der Waals surface area contributed by atoms with Gasteiger partial charge < -0.3 is 9.84 Å². The lowest BCUT2D eigenvalue weighted by molar-refractivity contribution is 0.373. The van der Waals surface area contributed by atoms with Gasteiger partial charge in [-0.3, -0.25) is 10.5 Å². The second kappa shape index (κ2) is 6.49. The van der Waals surface area contributed by atoms with Crippen LogP contribution in [0.25, 0.3) is 0 Å². The molecule has 0 aliphatic carbocycles. The van der Waals surface area contributed by atoms with Crippen molar-refractivity contribution in [3.05, 3.63) is 34.4 Å². The van der Waals surface area contributed by atoms with Gasteiger partial charge in [0.2, 0.25) is 4.77 Å². The van der Waals surface area contributed by atoms with Crippen LogP contribution in [-0.4, -0.2) is 39.3 Å². The van der Waals surface area contributed by atoms with Crippen molar-refractivity contribution in [2.75, 3.05) is 7.11 Å². The number of ether oxygens (including phenoxy) is 1. The molecule has 0 saturated carbocycles. The van der Waals surface area contributed by atoms with E-state index >= 15 is 0 Å². The number of phenolic OH excluding ortho intramolecular Hbond substituents is 1. The lowest BCUT2D eigenvalue weighted by Crippen LogP contribution is -2.29. The molecule has 2 heterocycles. The molecule has 1 fully saturated rings. The first-order valence-electron chi connectivity index (χ1n) is 7.19. The predicted octanol–water partition coefficient (Wildman–Crippen LogP) is 1.46. The Morgan fingerprint density at radius 1 is 1.48 bits per heavy atom. The molecule has 8 nitrogen and oxygen atoms in total. The summed E-state index contributed by atoms with van der Waals surface area (Å²) in [6.45, 7) is 2.08. The number of nitrogens with one attached hydrogen (secondary N) is 3. The van der Waals surface area contributed by atoms with Gasteiger partial charge in [-0.05, 0) is 37.7 Å². The summed E-state index contributed by atoms with van der Waals surface area (Å²) in [5.74, 6) is 1.11. The summed E-state index contributed by atoms with van der Waals surface area (Å²) in [5, 5.41) is 21.4. The molecule has 1 aromatic carbocycles. The predicted molar refractivity (Wildman–Crippen MR) is 88.2 cm³/mol. The molecule has 2 atom stereocenters. The third kappa shape index (κ3) is 3.11. The van der Waals surface area contributed by atoms with Gasteiger partial charge >= 0.3 is 0 Å². The summed E-state index contributed by atoms with van der Waals surface area (Å²) in [4.78, 5) is 0. The molecule has 23 heavy (non-hydrogen) atoms. The van der Waals surface area contributed by atoms with Crippen LogP contribution in [0.1, 0.15) is 30.8 Å². The van der Waals surface area contributed by atoms with E-state index in [4.69, 9.17) is 17.0 Å². The Balaban J connectivity index is 1.91. The van der Waals surface area contributed by atoms with Crippen LogP contribution < -0.4 is 15.6 Å². The number of aromatic nitrogens is 3. The number of H-pyrrole nitrogens is 1. The summed E-state index contributed by atoms with van der Waals surface area (Å²) in [7, 11) is 1.50. The number of hydrogen-bond acceptors (Lipinski definition) is 7. The quantitative estimate of drug-likeness (QED) is 0.499. The fourth-order valence-corrected chi connectivity index (χ4v) is 2.64. The third-order valence-electron chi connectivity index (χ3n) is 3.64. The second-order valence-corrected chi connectivity index (χ2v) is 5.71. The minimum atomic E-state index is 0.00834. The Morgan fingerprint density at radius 2 is 2.30 bits per heavy atom. The first-order chi connectivity index (χ1) is 11.1. The van der Waals surface area contributed by atoms with Crippen molar-refractivity contribution in [3.63, 3.8) is 0 Å². The van der Waals surface area contributed by atoms with E-state index in [9.17, 15) is 5.11 Å². The van der Waals surface area contributed by atoms with Crippen LogP contribution in [0.4, 0.5) is 0 Å². The van der Waals surface area contributed by atoms with Gasteiger partial charge in [0, 0.05) is 11.6 Å². The molecule has 9 heteroatoms. The lowest BCUT2D eigenvalue weighted by Gasteiger charge is -2.08. The van der Waals surface area contributed by atoms with E-state index in [2.05, 4.69) is 33.1 Å². The molecule has 1 saturated heterocycles. The maximum absolute atomic E-state index is 10.1. The zero-order valence-corrected chi connectivity index (χ0v) is 13.6. The van der Waals surface area contributed by atoms with Crippen LogP contribution in [0, 0.1) is 4.77 Å². The minimum Gasteiger partial charge on any atom is -0.504 e.